The Labute approximate surface area is 176 Å². The van der Waals surface area contributed by atoms with E-state index in [0.717, 1.165) is 21.3 Å². The Morgan fingerprint density at radius 1 is 1.21 bits per heavy atom. The quantitative estimate of drug-likeness (QED) is 0.426. The molecular formula is C22H18BrN3O3. The molecule has 2 aromatic heterocycles. The SMILES string of the molecule is CCOc1ccc(C(=O)Nc2ccc(-c3nc4ncccc4o3)cc2C)cc1Br. The molecule has 0 saturated carbocycles. The number of halogens is 1. The molecule has 0 radical (unpaired) electrons. The second-order valence-corrected chi connectivity index (χ2v) is 7.26. The van der Waals surface area contributed by atoms with Crippen molar-refractivity contribution in [3.05, 3.63) is 70.3 Å². The number of carbonyl (C=O) groups excluding carboxylic acids is 1. The van der Waals surface area contributed by atoms with Gasteiger partial charge < -0.3 is 14.5 Å². The van der Waals surface area contributed by atoms with Crippen molar-refractivity contribution >= 4 is 38.8 Å². The summed E-state index contributed by atoms with van der Waals surface area (Å²) in [7, 11) is 0. The number of hydrogen-bond acceptors (Lipinski definition) is 5. The number of fused-ring (bicyclic) bond motifs is 1. The number of hydrogen-bond donors (Lipinski definition) is 1. The van der Waals surface area contributed by atoms with Crippen LogP contribution >= 0.6 is 15.9 Å². The lowest BCUT2D eigenvalue weighted by Crippen LogP contribution is -2.13. The smallest absolute Gasteiger partial charge is 0.255 e. The molecular weight excluding hydrogens is 434 g/mol. The van der Waals surface area contributed by atoms with Crippen LogP contribution in [-0.2, 0) is 0 Å². The van der Waals surface area contributed by atoms with Crippen LogP contribution in [0.25, 0.3) is 22.7 Å². The van der Waals surface area contributed by atoms with Crippen LogP contribution in [0.5, 0.6) is 5.75 Å². The fraction of sp³-hybridized carbons (Fsp3) is 0.136. The molecule has 2 aromatic carbocycles. The summed E-state index contributed by atoms with van der Waals surface area (Å²) in [4.78, 5) is 21.3. The highest BCUT2D eigenvalue weighted by Gasteiger charge is 2.13. The lowest BCUT2D eigenvalue weighted by molar-refractivity contribution is 0.102. The molecule has 0 saturated heterocycles. The fourth-order valence-corrected chi connectivity index (χ4v) is 3.43. The Balaban J connectivity index is 1.55. The number of rotatable bonds is 5. The first-order chi connectivity index (χ1) is 14.0. The average molecular weight is 452 g/mol. The summed E-state index contributed by atoms with van der Waals surface area (Å²) in [5, 5.41) is 2.95. The summed E-state index contributed by atoms with van der Waals surface area (Å²) >= 11 is 3.44. The van der Waals surface area contributed by atoms with Gasteiger partial charge in [-0.1, -0.05) is 0 Å². The molecule has 0 spiro atoms. The van der Waals surface area contributed by atoms with Crippen LogP contribution in [0, 0.1) is 6.92 Å². The summed E-state index contributed by atoms with van der Waals surface area (Å²) in [6, 6.07) is 14.5. The van der Waals surface area contributed by atoms with E-state index in [1.165, 1.54) is 0 Å². The number of carbonyl (C=O) groups is 1. The highest BCUT2D eigenvalue weighted by Crippen LogP contribution is 2.29. The standard InChI is InChI=1S/C22H18BrN3O3/c1-3-28-18-9-7-14(12-16(18)23)21(27)25-17-8-6-15(11-13(17)2)22-26-20-19(29-22)5-4-10-24-20/h4-12H,3H2,1-2H3,(H,25,27). The van der Waals surface area contributed by atoms with Crippen LogP contribution < -0.4 is 10.1 Å². The molecule has 1 N–H and O–H groups in total. The minimum atomic E-state index is -0.198. The number of amides is 1. The van der Waals surface area contributed by atoms with Gasteiger partial charge in [-0.2, -0.15) is 4.98 Å². The van der Waals surface area contributed by atoms with Gasteiger partial charge in [0.05, 0.1) is 11.1 Å². The average Bonchev–Trinajstić information content (AvgIpc) is 3.15. The Morgan fingerprint density at radius 2 is 2.07 bits per heavy atom. The molecule has 0 atom stereocenters. The van der Waals surface area contributed by atoms with Gasteiger partial charge in [-0.15, -0.1) is 0 Å². The minimum Gasteiger partial charge on any atom is -0.493 e. The van der Waals surface area contributed by atoms with Gasteiger partial charge in [0, 0.05) is 23.0 Å². The van der Waals surface area contributed by atoms with Crippen molar-refractivity contribution in [1.82, 2.24) is 9.97 Å². The molecule has 4 rings (SSSR count). The Kier molecular flexibility index (Phi) is 5.31. The molecule has 1 amide bonds. The van der Waals surface area contributed by atoms with Gasteiger partial charge in [-0.3, -0.25) is 4.79 Å². The van der Waals surface area contributed by atoms with Crippen molar-refractivity contribution in [3.63, 3.8) is 0 Å². The number of anilines is 1. The van der Waals surface area contributed by atoms with Crippen molar-refractivity contribution in [2.75, 3.05) is 11.9 Å². The highest BCUT2D eigenvalue weighted by atomic mass is 79.9. The maximum atomic E-state index is 12.6. The molecule has 0 bridgehead atoms. The van der Waals surface area contributed by atoms with E-state index in [0.29, 0.717) is 35.0 Å². The molecule has 6 nitrogen and oxygen atoms in total. The van der Waals surface area contributed by atoms with Crippen molar-refractivity contribution in [3.8, 4) is 17.2 Å². The molecule has 2 heterocycles. The third kappa shape index (κ3) is 4.00. The van der Waals surface area contributed by atoms with Gasteiger partial charge in [0.2, 0.25) is 5.89 Å². The zero-order valence-corrected chi connectivity index (χ0v) is 17.5. The topological polar surface area (TPSA) is 77.2 Å². The van der Waals surface area contributed by atoms with Gasteiger partial charge in [0.25, 0.3) is 5.91 Å². The number of pyridine rings is 1. The maximum Gasteiger partial charge on any atom is 0.255 e. The van der Waals surface area contributed by atoms with Crippen LogP contribution in [0.15, 0.2) is 63.6 Å². The van der Waals surface area contributed by atoms with Crippen LogP contribution in [0.3, 0.4) is 0 Å². The minimum absolute atomic E-state index is 0.198. The lowest BCUT2D eigenvalue weighted by Gasteiger charge is -2.11. The molecule has 0 unspecified atom stereocenters. The highest BCUT2D eigenvalue weighted by molar-refractivity contribution is 9.10. The lowest BCUT2D eigenvalue weighted by atomic mass is 10.1. The van der Waals surface area contributed by atoms with E-state index in [2.05, 4.69) is 31.2 Å². The first-order valence-electron chi connectivity index (χ1n) is 9.11. The van der Waals surface area contributed by atoms with E-state index < -0.39 is 0 Å². The Bertz CT molecular complexity index is 1170. The van der Waals surface area contributed by atoms with Crippen LogP contribution in [0.2, 0.25) is 0 Å². The van der Waals surface area contributed by atoms with Crippen molar-refractivity contribution in [2.24, 2.45) is 0 Å². The molecule has 146 valence electrons. The number of aryl methyl sites for hydroxylation is 1. The summed E-state index contributed by atoms with van der Waals surface area (Å²) in [6.45, 7) is 4.40. The molecule has 0 aliphatic carbocycles. The summed E-state index contributed by atoms with van der Waals surface area (Å²) in [6.07, 6.45) is 1.68. The first-order valence-corrected chi connectivity index (χ1v) is 9.90. The van der Waals surface area contributed by atoms with Crippen LogP contribution in [-0.4, -0.2) is 22.5 Å². The van der Waals surface area contributed by atoms with Gasteiger partial charge in [0.15, 0.2) is 11.2 Å². The third-order valence-electron chi connectivity index (χ3n) is 4.38. The van der Waals surface area contributed by atoms with Gasteiger partial charge in [-0.05, 0) is 83.9 Å². The number of nitrogens with one attached hydrogen (secondary N) is 1. The van der Waals surface area contributed by atoms with E-state index in [1.54, 1.807) is 30.5 Å². The van der Waals surface area contributed by atoms with E-state index >= 15 is 0 Å². The number of oxazole rings is 1. The third-order valence-corrected chi connectivity index (χ3v) is 5.00. The monoisotopic (exact) mass is 451 g/mol. The second kappa shape index (κ2) is 8.05. The van der Waals surface area contributed by atoms with E-state index in [-0.39, 0.29) is 5.91 Å². The number of ether oxygens (including phenoxy) is 1. The second-order valence-electron chi connectivity index (χ2n) is 6.41. The van der Waals surface area contributed by atoms with Crippen molar-refractivity contribution in [1.29, 1.82) is 0 Å². The molecule has 7 heteroatoms. The van der Waals surface area contributed by atoms with Gasteiger partial charge in [0.1, 0.15) is 5.75 Å². The van der Waals surface area contributed by atoms with Crippen molar-refractivity contribution < 1.29 is 13.9 Å². The Hall–Kier alpha value is -3.19. The Morgan fingerprint density at radius 3 is 2.79 bits per heavy atom. The van der Waals surface area contributed by atoms with Gasteiger partial charge in [-0.25, -0.2) is 4.98 Å². The zero-order valence-electron chi connectivity index (χ0n) is 15.9. The summed E-state index contributed by atoms with van der Waals surface area (Å²) < 4.78 is 12.0. The van der Waals surface area contributed by atoms with E-state index in [1.807, 2.05) is 38.1 Å². The molecule has 29 heavy (non-hydrogen) atoms. The normalized spacial score (nSPS) is 10.9. The largest absolute Gasteiger partial charge is 0.493 e. The summed E-state index contributed by atoms with van der Waals surface area (Å²) in [5.41, 5.74) is 4.18. The molecule has 0 fully saturated rings. The number of benzene rings is 2. The number of nitrogens with zero attached hydrogens (tertiary/aromatic N) is 2. The van der Waals surface area contributed by atoms with E-state index in [9.17, 15) is 4.79 Å². The summed E-state index contributed by atoms with van der Waals surface area (Å²) in [5.74, 6) is 1.00. The van der Waals surface area contributed by atoms with E-state index in [4.69, 9.17) is 9.15 Å². The predicted molar refractivity (Wildman–Crippen MR) is 115 cm³/mol. The van der Waals surface area contributed by atoms with Crippen LogP contribution in [0.4, 0.5) is 5.69 Å². The maximum absolute atomic E-state index is 12.6. The van der Waals surface area contributed by atoms with Crippen LogP contribution in [0.1, 0.15) is 22.8 Å². The number of aromatic nitrogens is 2. The first kappa shape index (κ1) is 19.1. The molecule has 0 aliphatic heterocycles. The molecule has 4 aromatic rings. The fourth-order valence-electron chi connectivity index (χ4n) is 2.94. The van der Waals surface area contributed by atoms with Crippen molar-refractivity contribution in [2.45, 2.75) is 13.8 Å². The molecule has 0 aliphatic rings. The predicted octanol–water partition coefficient (Wildman–Crippen LogP) is 5.61. The zero-order chi connectivity index (χ0) is 20.4. The van der Waals surface area contributed by atoms with Gasteiger partial charge >= 0.3 is 0 Å².